The van der Waals surface area contributed by atoms with E-state index in [9.17, 15) is 22.8 Å². The predicted octanol–water partition coefficient (Wildman–Crippen LogP) is 3.84. The Hall–Kier alpha value is -2.58. The number of pyridine rings is 1. The predicted molar refractivity (Wildman–Crippen MR) is 103 cm³/mol. The molecule has 0 bridgehead atoms. The Balaban J connectivity index is 1.66. The van der Waals surface area contributed by atoms with Crippen LogP contribution in [-0.2, 0) is 28.7 Å². The third-order valence-electron chi connectivity index (χ3n) is 5.19. The Morgan fingerprint density at radius 1 is 1.30 bits per heavy atom. The molecular weight excluding hydrogens is 399 g/mol. The first-order chi connectivity index (χ1) is 13.8. The zero-order valence-electron chi connectivity index (χ0n) is 17.5. The van der Waals surface area contributed by atoms with Crippen LogP contribution in [0.5, 0.6) is 0 Å². The van der Waals surface area contributed by atoms with Crippen LogP contribution in [0.1, 0.15) is 50.9 Å². The summed E-state index contributed by atoms with van der Waals surface area (Å²) >= 11 is 0. The number of ether oxygens (including phenoxy) is 1. The van der Waals surface area contributed by atoms with Crippen LogP contribution in [0.3, 0.4) is 0 Å². The van der Waals surface area contributed by atoms with Gasteiger partial charge in [-0.2, -0.15) is 13.2 Å². The third-order valence-corrected chi connectivity index (χ3v) is 5.19. The fourth-order valence-corrected chi connectivity index (χ4v) is 3.75. The van der Waals surface area contributed by atoms with E-state index in [1.54, 1.807) is 44.7 Å². The van der Waals surface area contributed by atoms with Crippen molar-refractivity contribution in [2.45, 2.75) is 64.9 Å². The van der Waals surface area contributed by atoms with Crippen LogP contribution in [0.25, 0.3) is 0 Å². The summed E-state index contributed by atoms with van der Waals surface area (Å²) in [5.41, 5.74) is -1.30. The average molecular weight is 425 g/mol. The van der Waals surface area contributed by atoms with Crippen molar-refractivity contribution >= 4 is 12.0 Å². The van der Waals surface area contributed by atoms with Crippen molar-refractivity contribution in [1.29, 1.82) is 0 Å². The van der Waals surface area contributed by atoms with Crippen LogP contribution in [0, 0.1) is 5.41 Å². The number of fused-ring (bicyclic) bond motifs is 1. The van der Waals surface area contributed by atoms with Gasteiger partial charge in [0.15, 0.2) is 0 Å². The number of amides is 2. The van der Waals surface area contributed by atoms with Gasteiger partial charge in [0.25, 0.3) is 0 Å². The second kappa shape index (κ2) is 7.59. The molecule has 2 aliphatic rings. The summed E-state index contributed by atoms with van der Waals surface area (Å²) in [6.45, 7) is 7.52. The smallest absolute Gasteiger partial charge is 0.417 e. The molecule has 0 saturated heterocycles. The van der Waals surface area contributed by atoms with E-state index >= 15 is 0 Å². The Kier molecular flexibility index (Phi) is 5.60. The molecule has 164 valence electrons. The number of alkyl carbamates (subject to hydrolysis) is 1. The Morgan fingerprint density at radius 2 is 2.00 bits per heavy atom. The monoisotopic (exact) mass is 425 g/mol. The molecule has 0 fully saturated rings. The van der Waals surface area contributed by atoms with E-state index in [1.807, 2.05) is 0 Å². The summed E-state index contributed by atoms with van der Waals surface area (Å²) in [5, 5.41) is 2.73. The van der Waals surface area contributed by atoms with Crippen LogP contribution in [0.15, 0.2) is 24.4 Å². The van der Waals surface area contributed by atoms with Gasteiger partial charge >= 0.3 is 12.3 Å². The maximum Gasteiger partial charge on any atom is 0.417 e. The van der Waals surface area contributed by atoms with Crippen molar-refractivity contribution in [3.05, 3.63) is 41.2 Å². The Bertz CT molecular complexity index is 876. The first-order valence-corrected chi connectivity index (χ1v) is 9.80. The number of rotatable bonds is 2. The minimum absolute atomic E-state index is 0.0820. The van der Waals surface area contributed by atoms with Gasteiger partial charge in [0.1, 0.15) is 5.60 Å². The second-order valence-electron chi connectivity index (χ2n) is 9.04. The number of aromatic nitrogens is 1. The van der Waals surface area contributed by atoms with Crippen molar-refractivity contribution in [2.24, 2.45) is 5.41 Å². The summed E-state index contributed by atoms with van der Waals surface area (Å²) in [5.74, 6) is -0.185. The molecule has 0 radical (unpaired) electrons. The van der Waals surface area contributed by atoms with E-state index in [1.165, 1.54) is 0 Å². The summed E-state index contributed by atoms with van der Waals surface area (Å²) in [4.78, 5) is 30.6. The zero-order valence-corrected chi connectivity index (χ0v) is 17.5. The standard InChI is InChI=1S/C21H26F3N3O3/c1-19(2,3)30-18(29)26-15-5-7-20(4,10-15)17(28)27-8-6-16-13(12-27)9-14(11-25-16)21(22,23)24/h5,7,9,11,15H,6,8,10,12H2,1-4H3,(H,26,29)/t15?,20-/m0/s1. The van der Waals surface area contributed by atoms with Gasteiger partial charge < -0.3 is 15.0 Å². The molecule has 2 heterocycles. The van der Waals surface area contributed by atoms with Gasteiger partial charge in [0, 0.05) is 31.4 Å². The summed E-state index contributed by atoms with van der Waals surface area (Å²) < 4.78 is 44.2. The SMILES string of the molecule is CC(C)(C)OC(=O)NC1C=C[C@](C)(C(=O)N2CCc3ncc(C(F)(F)F)cc3C2)C1. The number of nitrogens with zero attached hydrogens (tertiary/aromatic N) is 2. The minimum Gasteiger partial charge on any atom is -0.444 e. The maximum absolute atomic E-state index is 13.2. The normalized spacial score (nSPS) is 23.8. The van der Waals surface area contributed by atoms with Gasteiger partial charge in [-0.05, 0) is 45.7 Å². The molecule has 1 N–H and O–H groups in total. The molecule has 0 aromatic carbocycles. The molecule has 1 aromatic heterocycles. The quantitative estimate of drug-likeness (QED) is 0.731. The molecule has 0 saturated carbocycles. The second-order valence-corrected chi connectivity index (χ2v) is 9.04. The van der Waals surface area contributed by atoms with E-state index in [0.29, 0.717) is 30.6 Å². The first kappa shape index (κ1) is 22.1. The Labute approximate surface area is 173 Å². The highest BCUT2D eigenvalue weighted by atomic mass is 19.4. The lowest BCUT2D eigenvalue weighted by molar-refractivity contribution is -0.139. The van der Waals surface area contributed by atoms with Crippen molar-refractivity contribution < 1.29 is 27.5 Å². The highest BCUT2D eigenvalue weighted by molar-refractivity contribution is 5.85. The molecule has 6 nitrogen and oxygen atoms in total. The Morgan fingerprint density at radius 3 is 2.63 bits per heavy atom. The first-order valence-electron chi connectivity index (χ1n) is 9.80. The van der Waals surface area contributed by atoms with Crippen molar-refractivity contribution in [2.75, 3.05) is 6.54 Å². The van der Waals surface area contributed by atoms with Crippen molar-refractivity contribution in [3.8, 4) is 0 Å². The van der Waals surface area contributed by atoms with E-state index < -0.39 is 28.8 Å². The number of hydrogen-bond acceptors (Lipinski definition) is 4. The highest BCUT2D eigenvalue weighted by Crippen LogP contribution is 2.36. The van der Waals surface area contributed by atoms with E-state index in [2.05, 4.69) is 10.3 Å². The summed E-state index contributed by atoms with van der Waals surface area (Å²) in [6, 6.07) is 0.714. The average Bonchev–Trinajstić information content (AvgIpc) is 2.99. The lowest BCUT2D eigenvalue weighted by Gasteiger charge is -2.34. The maximum atomic E-state index is 13.2. The lowest BCUT2D eigenvalue weighted by atomic mass is 9.86. The van der Waals surface area contributed by atoms with Gasteiger partial charge in [-0.25, -0.2) is 4.79 Å². The van der Waals surface area contributed by atoms with Crippen LogP contribution in [0.4, 0.5) is 18.0 Å². The molecule has 0 spiro atoms. The molecule has 9 heteroatoms. The molecular formula is C21H26F3N3O3. The number of nitrogens with one attached hydrogen (secondary N) is 1. The largest absolute Gasteiger partial charge is 0.444 e. The fraction of sp³-hybridized carbons (Fsp3) is 0.571. The molecule has 1 unspecified atom stereocenters. The fourth-order valence-electron chi connectivity index (χ4n) is 3.75. The van der Waals surface area contributed by atoms with Gasteiger partial charge in [-0.15, -0.1) is 0 Å². The van der Waals surface area contributed by atoms with Crippen LogP contribution < -0.4 is 5.32 Å². The topological polar surface area (TPSA) is 71.5 Å². The number of hydrogen-bond donors (Lipinski definition) is 1. The molecule has 3 rings (SSSR count). The number of halogens is 3. The zero-order chi connectivity index (χ0) is 22.3. The highest BCUT2D eigenvalue weighted by Gasteiger charge is 2.41. The van der Waals surface area contributed by atoms with Gasteiger partial charge in [-0.3, -0.25) is 9.78 Å². The molecule has 1 aliphatic carbocycles. The molecule has 1 aliphatic heterocycles. The van der Waals surface area contributed by atoms with Crippen LogP contribution in [0.2, 0.25) is 0 Å². The van der Waals surface area contributed by atoms with Crippen LogP contribution >= 0.6 is 0 Å². The number of carbonyl (C=O) groups is 2. The molecule has 2 atom stereocenters. The minimum atomic E-state index is -4.48. The van der Waals surface area contributed by atoms with Gasteiger partial charge in [0.2, 0.25) is 5.91 Å². The van der Waals surface area contributed by atoms with E-state index in [0.717, 1.165) is 12.3 Å². The van der Waals surface area contributed by atoms with Crippen LogP contribution in [-0.4, -0.2) is 40.1 Å². The van der Waals surface area contributed by atoms with Gasteiger partial charge in [0.05, 0.1) is 17.0 Å². The number of carbonyl (C=O) groups excluding carboxylic acids is 2. The number of alkyl halides is 3. The molecule has 30 heavy (non-hydrogen) atoms. The van der Waals surface area contributed by atoms with E-state index in [-0.39, 0.29) is 18.5 Å². The van der Waals surface area contributed by atoms with Crippen molar-refractivity contribution in [3.63, 3.8) is 0 Å². The molecule has 1 aromatic rings. The van der Waals surface area contributed by atoms with Crippen molar-refractivity contribution in [1.82, 2.24) is 15.2 Å². The third kappa shape index (κ3) is 4.94. The molecule has 2 amide bonds. The summed E-state index contributed by atoms with van der Waals surface area (Å²) in [6.07, 6.45) is 0.0551. The summed E-state index contributed by atoms with van der Waals surface area (Å²) in [7, 11) is 0. The lowest BCUT2D eigenvalue weighted by Crippen LogP contribution is -2.45. The van der Waals surface area contributed by atoms with E-state index in [4.69, 9.17) is 4.74 Å². The van der Waals surface area contributed by atoms with Gasteiger partial charge in [-0.1, -0.05) is 12.2 Å².